The van der Waals surface area contributed by atoms with Gasteiger partial charge in [0.1, 0.15) is 0 Å². The number of carbonyl (C=O) groups is 1. The molecular formula is C11H7Cl2NO2. The minimum atomic E-state index is -0.920. The number of halogens is 2. The molecule has 0 radical (unpaired) electrons. The molecule has 0 bridgehead atoms. The van der Waals surface area contributed by atoms with E-state index in [1.54, 1.807) is 24.3 Å². The fourth-order valence-electron chi connectivity index (χ4n) is 1.45. The molecule has 0 saturated heterocycles. The van der Waals surface area contributed by atoms with Gasteiger partial charge in [0.15, 0.2) is 0 Å². The smallest absolute Gasteiger partial charge is 0.309 e. The SMILES string of the molecule is O=C(O)Cc1ccc2cc(Cl)cc(Cl)c2n1. The number of nitrogens with zero attached hydrogens (tertiary/aromatic N) is 1. The molecule has 1 aromatic carbocycles. The number of carboxylic acids is 1. The van der Waals surface area contributed by atoms with Gasteiger partial charge in [-0.2, -0.15) is 0 Å². The Labute approximate surface area is 102 Å². The number of aliphatic carboxylic acids is 1. The Morgan fingerprint density at radius 2 is 2.06 bits per heavy atom. The van der Waals surface area contributed by atoms with Crippen molar-refractivity contribution in [1.82, 2.24) is 4.98 Å². The molecule has 5 heteroatoms. The van der Waals surface area contributed by atoms with Gasteiger partial charge >= 0.3 is 5.97 Å². The summed E-state index contributed by atoms with van der Waals surface area (Å²) >= 11 is 11.8. The second-order valence-electron chi connectivity index (χ2n) is 3.33. The van der Waals surface area contributed by atoms with Crippen LogP contribution in [-0.2, 0) is 11.2 Å². The van der Waals surface area contributed by atoms with Crippen molar-refractivity contribution < 1.29 is 9.90 Å². The summed E-state index contributed by atoms with van der Waals surface area (Å²) in [6.45, 7) is 0. The van der Waals surface area contributed by atoms with E-state index in [9.17, 15) is 4.79 Å². The molecule has 0 aliphatic rings. The van der Waals surface area contributed by atoms with Gasteiger partial charge in [0.2, 0.25) is 0 Å². The fraction of sp³-hybridized carbons (Fsp3) is 0.0909. The quantitative estimate of drug-likeness (QED) is 0.897. The average molecular weight is 256 g/mol. The molecule has 0 fully saturated rings. The van der Waals surface area contributed by atoms with Crippen molar-refractivity contribution >= 4 is 40.1 Å². The number of hydrogen-bond donors (Lipinski definition) is 1. The lowest BCUT2D eigenvalue weighted by Crippen LogP contribution is -2.02. The summed E-state index contributed by atoms with van der Waals surface area (Å²) in [5.74, 6) is -0.920. The van der Waals surface area contributed by atoms with E-state index < -0.39 is 5.97 Å². The molecule has 0 spiro atoms. The lowest BCUT2D eigenvalue weighted by atomic mass is 10.2. The van der Waals surface area contributed by atoms with E-state index in [-0.39, 0.29) is 6.42 Å². The maximum Gasteiger partial charge on any atom is 0.309 e. The summed E-state index contributed by atoms with van der Waals surface area (Å²) in [6.07, 6.45) is -0.116. The van der Waals surface area contributed by atoms with Crippen molar-refractivity contribution in [3.63, 3.8) is 0 Å². The maximum absolute atomic E-state index is 10.5. The summed E-state index contributed by atoms with van der Waals surface area (Å²) in [6, 6.07) is 6.74. The number of rotatable bonds is 2. The van der Waals surface area contributed by atoms with Crippen molar-refractivity contribution in [1.29, 1.82) is 0 Å². The van der Waals surface area contributed by atoms with Crippen LogP contribution in [0.5, 0.6) is 0 Å². The molecule has 0 aliphatic carbocycles. The van der Waals surface area contributed by atoms with Crippen LogP contribution in [0.1, 0.15) is 5.69 Å². The zero-order valence-electron chi connectivity index (χ0n) is 8.08. The summed E-state index contributed by atoms with van der Waals surface area (Å²) in [4.78, 5) is 14.7. The second-order valence-corrected chi connectivity index (χ2v) is 4.18. The molecule has 0 atom stereocenters. The number of fused-ring (bicyclic) bond motifs is 1. The predicted molar refractivity (Wildman–Crippen MR) is 63.1 cm³/mol. The highest BCUT2D eigenvalue weighted by atomic mass is 35.5. The van der Waals surface area contributed by atoms with Gasteiger partial charge in [-0.05, 0) is 18.2 Å². The second kappa shape index (κ2) is 4.28. The highest BCUT2D eigenvalue weighted by molar-refractivity contribution is 6.38. The van der Waals surface area contributed by atoms with Gasteiger partial charge in [-0.1, -0.05) is 29.3 Å². The molecule has 16 heavy (non-hydrogen) atoms. The van der Waals surface area contributed by atoms with Crippen molar-refractivity contribution in [2.24, 2.45) is 0 Å². The van der Waals surface area contributed by atoms with Gasteiger partial charge in [0.05, 0.1) is 22.7 Å². The highest BCUT2D eigenvalue weighted by Gasteiger charge is 2.06. The van der Waals surface area contributed by atoms with Crippen LogP contribution in [-0.4, -0.2) is 16.1 Å². The van der Waals surface area contributed by atoms with Crippen LogP contribution >= 0.6 is 23.2 Å². The normalized spacial score (nSPS) is 10.6. The molecule has 0 saturated carbocycles. The van der Waals surface area contributed by atoms with Crippen molar-refractivity contribution in [3.8, 4) is 0 Å². The third kappa shape index (κ3) is 2.26. The van der Waals surface area contributed by atoms with E-state index in [0.717, 1.165) is 5.39 Å². The third-order valence-electron chi connectivity index (χ3n) is 2.10. The standard InChI is InChI=1S/C11H7Cl2NO2/c12-7-3-6-1-2-8(5-10(15)16)14-11(6)9(13)4-7/h1-4H,5H2,(H,15,16). The monoisotopic (exact) mass is 255 g/mol. The van der Waals surface area contributed by atoms with Crippen LogP contribution in [0.2, 0.25) is 10.0 Å². The van der Waals surface area contributed by atoms with Gasteiger partial charge in [0.25, 0.3) is 0 Å². The van der Waals surface area contributed by atoms with Crippen LogP contribution in [0, 0.1) is 0 Å². The van der Waals surface area contributed by atoms with E-state index in [1.165, 1.54) is 0 Å². The van der Waals surface area contributed by atoms with Crippen LogP contribution in [0.3, 0.4) is 0 Å². The van der Waals surface area contributed by atoms with Crippen LogP contribution in [0.25, 0.3) is 10.9 Å². The Kier molecular flexibility index (Phi) is 2.99. The topological polar surface area (TPSA) is 50.2 Å². The van der Waals surface area contributed by atoms with Crippen LogP contribution < -0.4 is 0 Å². The van der Waals surface area contributed by atoms with E-state index in [1.807, 2.05) is 0 Å². The molecule has 0 amide bonds. The van der Waals surface area contributed by atoms with Crippen molar-refractivity contribution in [2.45, 2.75) is 6.42 Å². The van der Waals surface area contributed by atoms with Crippen LogP contribution in [0.4, 0.5) is 0 Å². The Bertz CT molecular complexity index is 569. The summed E-state index contributed by atoms with van der Waals surface area (Å²) in [7, 11) is 0. The number of carboxylic acid groups (broad SMARTS) is 1. The fourth-order valence-corrected chi connectivity index (χ4v) is 2.00. The number of aromatic nitrogens is 1. The molecule has 2 aromatic rings. The first-order valence-corrected chi connectivity index (χ1v) is 5.28. The van der Waals surface area contributed by atoms with E-state index in [4.69, 9.17) is 28.3 Å². The van der Waals surface area contributed by atoms with E-state index in [2.05, 4.69) is 4.98 Å². The molecule has 1 N–H and O–H groups in total. The van der Waals surface area contributed by atoms with Crippen molar-refractivity contribution in [3.05, 3.63) is 40.0 Å². The minimum absolute atomic E-state index is 0.116. The molecule has 0 unspecified atom stereocenters. The summed E-state index contributed by atoms with van der Waals surface area (Å²) in [5, 5.41) is 10.4. The summed E-state index contributed by atoms with van der Waals surface area (Å²) < 4.78 is 0. The number of pyridine rings is 1. The Balaban J connectivity index is 2.57. The predicted octanol–water partition coefficient (Wildman–Crippen LogP) is 3.17. The van der Waals surface area contributed by atoms with Gasteiger partial charge in [-0.3, -0.25) is 9.78 Å². The first-order valence-electron chi connectivity index (χ1n) is 4.53. The summed E-state index contributed by atoms with van der Waals surface area (Å²) in [5.41, 5.74) is 1.05. The van der Waals surface area contributed by atoms with Crippen LogP contribution in [0.15, 0.2) is 24.3 Å². The molecule has 1 heterocycles. The Morgan fingerprint density at radius 3 is 2.75 bits per heavy atom. The van der Waals surface area contributed by atoms with E-state index >= 15 is 0 Å². The van der Waals surface area contributed by atoms with Gasteiger partial charge < -0.3 is 5.11 Å². The zero-order chi connectivity index (χ0) is 11.7. The number of hydrogen-bond acceptors (Lipinski definition) is 2. The molecule has 82 valence electrons. The maximum atomic E-state index is 10.5. The Hall–Kier alpha value is -1.32. The third-order valence-corrected chi connectivity index (χ3v) is 2.61. The first kappa shape index (κ1) is 11.2. The molecule has 1 aromatic heterocycles. The molecule has 2 rings (SSSR count). The van der Waals surface area contributed by atoms with Gasteiger partial charge in [0, 0.05) is 10.4 Å². The molecule has 0 aliphatic heterocycles. The van der Waals surface area contributed by atoms with Crippen molar-refractivity contribution in [2.75, 3.05) is 0 Å². The average Bonchev–Trinajstić information content (AvgIpc) is 2.18. The molecular weight excluding hydrogens is 249 g/mol. The minimum Gasteiger partial charge on any atom is -0.481 e. The van der Waals surface area contributed by atoms with E-state index in [0.29, 0.717) is 21.3 Å². The lowest BCUT2D eigenvalue weighted by molar-refractivity contribution is -0.136. The Morgan fingerprint density at radius 1 is 1.31 bits per heavy atom. The largest absolute Gasteiger partial charge is 0.481 e. The lowest BCUT2D eigenvalue weighted by Gasteiger charge is -2.03. The molecule has 3 nitrogen and oxygen atoms in total. The first-order chi connectivity index (χ1) is 7.56. The van der Waals surface area contributed by atoms with Gasteiger partial charge in [-0.25, -0.2) is 0 Å². The zero-order valence-corrected chi connectivity index (χ0v) is 9.59. The number of benzene rings is 1. The van der Waals surface area contributed by atoms with Gasteiger partial charge in [-0.15, -0.1) is 0 Å². The highest BCUT2D eigenvalue weighted by Crippen LogP contribution is 2.26.